The number of carbonyl (C=O) groups is 1. The normalized spacial score (nSPS) is 15.9. The molecule has 0 bridgehead atoms. The number of aliphatic hydroxyl groups excluding tert-OH is 1. The van der Waals surface area contributed by atoms with Crippen LogP contribution >= 0.6 is 11.3 Å². The van der Waals surface area contributed by atoms with Gasteiger partial charge in [-0.15, -0.1) is 11.3 Å². The Hall–Kier alpha value is -3.60. The standard InChI is InChI=1S/C23H26FN5O2.C15H22OS/c1-14-7-16(24)9-19(20(14)13-30)15-8-21(23(31)27(2)11-15)25-22-10-18-12-28(17-3-4-17)5-6-29(18)26-22;1-4-7-12-11-8-5-6-9-13(11)17-15(12)14(16)10(2)3/h7-11,17,30H,3-6,12-13H2,1-2H3,(H,25,26);10H,4-9H2,1-3H3. The van der Waals surface area contributed by atoms with Gasteiger partial charge in [0.05, 0.1) is 23.7 Å². The largest absolute Gasteiger partial charge is 0.392 e. The van der Waals surface area contributed by atoms with Gasteiger partial charge in [-0.2, -0.15) is 5.10 Å². The summed E-state index contributed by atoms with van der Waals surface area (Å²) in [5.41, 5.74) is 6.76. The topological polar surface area (TPSA) is 92.4 Å². The maximum Gasteiger partial charge on any atom is 0.274 e. The van der Waals surface area contributed by atoms with E-state index in [9.17, 15) is 19.1 Å². The fourth-order valence-corrected chi connectivity index (χ4v) is 8.56. The average molecular weight is 674 g/mol. The summed E-state index contributed by atoms with van der Waals surface area (Å²) in [6.07, 6.45) is 11.4. The first kappa shape index (κ1) is 34.3. The highest BCUT2D eigenvalue weighted by Crippen LogP contribution is 2.37. The van der Waals surface area contributed by atoms with Gasteiger partial charge in [-0.3, -0.25) is 19.2 Å². The van der Waals surface area contributed by atoms with Crippen molar-refractivity contribution in [2.75, 3.05) is 11.9 Å². The molecular weight excluding hydrogens is 626 g/mol. The number of hydrogen-bond acceptors (Lipinski definition) is 7. The lowest BCUT2D eigenvalue weighted by molar-refractivity contribution is 0.0942. The van der Waals surface area contributed by atoms with Crippen molar-refractivity contribution < 1.29 is 14.3 Å². The fraction of sp³-hybridized carbons (Fsp3) is 0.500. The number of nitrogens with one attached hydrogen (secondary N) is 1. The van der Waals surface area contributed by atoms with E-state index in [4.69, 9.17) is 0 Å². The molecule has 10 heteroatoms. The van der Waals surface area contributed by atoms with Crippen LogP contribution < -0.4 is 10.9 Å². The first-order valence-electron chi connectivity index (χ1n) is 17.4. The van der Waals surface area contributed by atoms with Crippen molar-refractivity contribution in [3.8, 4) is 11.1 Å². The van der Waals surface area contributed by atoms with Gasteiger partial charge in [0, 0.05) is 54.8 Å². The van der Waals surface area contributed by atoms with Crippen LogP contribution in [0.3, 0.4) is 0 Å². The molecule has 0 unspecified atom stereocenters. The van der Waals surface area contributed by atoms with Crippen LogP contribution in [0.15, 0.2) is 35.3 Å². The Bertz CT molecular complexity index is 1870. The number of pyridine rings is 1. The number of rotatable bonds is 9. The monoisotopic (exact) mass is 673 g/mol. The first-order chi connectivity index (χ1) is 23.1. The van der Waals surface area contributed by atoms with Gasteiger partial charge < -0.3 is 15.0 Å². The SMILES string of the molecule is CCCc1c(C(=O)C(C)C)sc2c1CCCC2.Cc1cc(F)cc(-c2cc(Nc3cc4n(n3)CCN(C3CC3)C4)c(=O)n(C)c2)c1CO. The summed E-state index contributed by atoms with van der Waals surface area (Å²) in [5, 5.41) is 17.6. The number of aryl methyl sites for hydroxylation is 3. The van der Waals surface area contributed by atoms with Gasteiger partial charge in [0.1, 0.15) is 11.5 Å². The van der Waals surface area contributed by atoms with Crippen LogP contribution in [0.25, 0.3) is 11.1 Å². The fourth-order valence-electron chi connectivity index (χ4n) is 7.03. The third-order valence-corrected chi connectivity index (χ3v) is 11.1. The Labute approximate surface area is 286 Å². The maximum absolute atomic E-state index is 14.1. The Morgan fingerprint density at radius 3 is 2.60 bits per heavy atom. The van der Waals surface area contributed by atoms with Gasteiger partial charge in [-0.1, -0.05) is 27.2 Å². The highest BCUT2D eigenvalue weighted by molar-refractivity contribution is 7.14. The molecule has 0 radical (unpaired) electrons. The molecule has 4 heterocycles. The molecule has 0 atom stereocenters. The Morgan fingerprint density at radius 2 is 1.90 bits per heavy atom. The van der Waals surface area contributed by atoms with E-state index >= 15 is 0 Å². The quantitative estimate of drug-likeness (QED) is 0.181. The minimum Gasteiger partial charge on any atom is -0.392 e. The van der Waals surface area contributed by atoms with Crippen LogP contribution in [-0.4, -0.2) is 42.7 Å². The molecular formula is C38H48FN5O3S. The van der Waals surface area contributed by atoms with Gasteiger partial charge >= 0.3 is 0 Å². The summed E-state index contributed by atoms with van der Waals surface area (Å²) in [6.45, 7) is 10.5. The number of thiophene rings is 1. The zero-order valence-corrected chi connectivity index (χ0v) is 29.7. The third kappa shape index (κ3) is 7.21. The number of carbonyl (C=O) groups excluding carboxylic acids is 1. The van der Waals surface area contributed by atoms with Crippen molar-refractivity contribution in [1.29, 1.82) is 0 Å². The zero-order valence-electron chi connectivity index (χ0n) is 28.9. The number of aromatic nitrogens is 3. The Morgan fingerprint density at radius 1 is 1.12 bits per heavy atom. The van der Waals surface area contributed by atoms with Crippen LogP contribution in [-0.2, 0) is 46.0 Å². The Balaban J connectivity index is 0.000000200. The van der Waals surface area contributed by atoms with Gasteiger partial charge in [0.15, 0.2) is 11.6 Å². The lowest BCUT2D eigenvalue weighted by atomic mass is 9.91. The number of nitrogens with zero attached hydrogens (tertiary/aromatic N) is 4. The van der Waals surface area contributed by atoms with Crippen molar-refractivity contribution in [2.24, 2.45) is 13.0 Å². The molecule has 0 spiro atoms. The molecule has 2 N–H and O–H groups in total. The van der Waals surface area contributed by atoms with E-state index in [0.717, 1.165) is 43.0 Å². The summed E-state index contributed by atoms with van der Waals surface area (Å²) in [5.74, 6) is 0.730. The second-order valence-corrected chi connectivity index (χ2v) is 14.9. The summed E-state index contributed by atoms with van der Waals surface area (Å²) < 4.78 is 17.6. The van der Waals surface area contributed by atoms with Gasteiger partial charge in [0.2, 0.25) is 0 Å². The van der Waals surface area contributed by atoms with Crippen LogP contribution in [0.5, 0.6) is 0 Å². The molecule has 1 aromatic carbocycles. The molecule has 0 amide bonds. The predicted octanol–water partition coefficient (Wildman–Crippen LogP) is 7.33. The number of halogens is 1. The lowest BCUT2D eigenvalue weighted by Gasteiger charge is -2.27. The minimum atomic E-state index is -0.380. The average Bonchev–Trinajstić information content (AvgIpc) is 3.74. The summed E-state index contributed by atoms with van der Waals surface area (Å²) in [7, 11) is 1.66. The van der Waals surface area contributed by atoms with Crippen LogP contribution in [0, 0.1) is 18.7 Å². The lowest BCUT2D eigenvalue weighted by Crippen LogP contribution is -2.35. The number of Topliss-reactive ketones (excluding diaryl/α,β-unsaturated/α-hetero) is 1. The second kappa shape index (κ2) is 14.5. The maximum atomic E-state index is 14.1. The smallest absolute Gasteiger partial charge is 0.274 e. The molecule has 2 aliphatic carbocycles. The van der Waals surface area contributed by atoms with E-state index in [1.54, 1.807) is 37.6 Å². The molecule has 1 saturated carbocycles. The molecule has 1 fully saturated rings. The van der Waals surface area contributed by atoms with Gasteiger partial charge in [-0.25, -0.2) is 4.39 Å². The van der Waals surface area contributed by atoms with Gasteiger partial charge in [-0.05, 0) is 97.9 Å². The van der Waals surface area contributed by atoms with E-state index in [2.05, 4.69) is 22.2 Å². The number of anilines is 2. The molecule has 0 saturated heterocycles. The van der Waals surface area contributed by atoms with Crippen molar-refractivity contribution in [2.45, 2.75) is 105 Å². The highest BCUT2D eigenvalue weighted by Gasteiger charge is 2.32. The van der Waals surface area contributed by atoms with Crippen molar-refractivity contribution >= 4 is 28.6 Å². The van der Waals surface area contributed by atoms with E-state index < -0.39 is 0 Å². The van der Waals surface area contributed by atoms with Crippen molar-refractivity contribution in [3.63, 3.8) is 0 Å². The molecule has 4 aromatic rings. The first-order valence-corrected chi connectivity index (χ1v) is 18.3. The molecule has 1 aliphatic heterocycles. The van der Waals surface area contributed by atoms with Gasteiger partial charge in [0.25, 0.3) is 5.56 Å². The minimum absolute atomic E-state index is 0.130. The summed E-state index contributed by atoms with van der Waals surface area (Å²) in [4.78, 5) is 30.1. The molecule has 8 nitrogen and oxygen atoms in total. The van der Waals surface area contributed by atoms with Crippen molar-refractivity contribution in [3.05, 3.63) is 84.3 Å². The predicted molar refractivity (Wildman–Crippen MR) is 191 cm³/mol. The third-order valence-electron chi connectivity index (χ3n) is 9.77. The number of aliphatic hydroxyl groups is 1. The van der Waals surface area contributed by atoms with E-state index in [-0.39, 0.29) is 23.9 Å². The summed E-state index contributed by atoms with van der Waals surface area (Å²) >= 11 is 1.79. The number of hydrogen-bond donors (Lipinski definition) is 2. The van der Waals surface area contributed by atoms with Crippen LogP contribution in [0.1, 0.15) is 95.4 Å². The molecule has 7 rings (SSSR count). The van der Waals surface area contributed by atoms with E-state index in [1.807, 2.05) is 24.6 Å². The summed E-state index contributed by atoms with van der Waals surface area (Å²) in [6, 6.07) is 7.19. The van der Waals surface area contributed by atoms with Crippen LogP contribution in [0.2, 0.25) is 0 Å². The number of fused-ring (bicyclic) bond motifs is 2. The van der Waals surface area contributed by atoms with Crippen LogP contribution in [0.4, 0.5) is 15.9 Å². The number of benzene rings is 1. The molecule has 48 heavy (non-hydrogen) atoms. The Kier molecular flexibility index (Phi) is 10.3. The van der Waals surface area contributed by atoms with E-state index in [0.29, 0.717) is 45.6 Å². The highest BCUT2D eigenvalue weighted by atomic mass is 32.1. The zero-order chi connectivity index (χ0) is 34.1. The number of ketones is 1. The van der Waals surface area contributed by atoms with Crippen molar-refractivity contribution in [1.82, 2.24) is 19.2 Å². The molecule has 3 aromatic heterocycles. The molecule has 3 aliphatic rings. The van der Waals surface area contributed by atoms with E-state index in [1.165, 1.54) is 71.2 Å². The second-order valence-electron chi connectivity index (χ2n) is 13.8. The molecule has 256 valence electrons.